The van der Waals surface area contributed by atoms with Gasteiger partial charge in [-0.2, -0.15) is 5.26 Å². The maximum atomic E-state index is 12.0. The van der Waals surface area contributed by atoms with E-state index in [4.69, 9.17) is 9.68 Å². The number of hydrogen-bond donors (Lipinski definition) is 1. The van der Waals surface area contributed by atoms with E-state index in [0.29, 0.717) is 22.5 Å². The van der Waals surface area contributed by atoms with Crippen molar-refractivity contribution in [2.45, 2.75) is 33.6 Å². The molecule has 0 spiro atoms. The molecule has 5 nitrogen and oxygen atoms in total. The van der Waals surface area contributed by atoms with Gasteiger partial charge in [0.25, 0.3) is 0 Å². The average Bonchev–Trinajstić information content (AvgIpc) is 2.79. The number of benzene rings is 1. The van der Waals surface area contributed by atoms with Crippen molar-refractivity contribution in [1.82, 2.24) is 0 Å². The van der Waals surface area contributed by atoms with Gasteiger partial charge in [-0.25, -0.2) is 0 Å². The Morgan fingerprint density at radius 2 is 1.78 bits per heavy atom. The van der Waals surface area contributed by atoms with E-state index < -0.39 is 0 Å². The van der Waals surface area contributed by atoms with Gasteiger partial charge in [0.05, 0.1) is 0 Å². The Balaban J connectivity index is 1.96. The van der Waals surface area contributed by atoms with Crippen molar-refractivity contribution in [3.63, 3.8) is 0 Å². The third-order valence-corrected chi connectivity index (χ3v) is 3.70. The summed E-state index contributed by atoms with van der Waals surface area (Å²) >= 11 is 0. The van der Waals surface area contributed by atoms with Crippen LogP contribution < -0.4 is 5.32 Å². The fraction of sp³-hybridized carbons (Fsp3) is 0.278. The molecular weight excluding hydrogens is 292 g/mol. The fourth-order valence-corrected chi connectivity index (χ4v) is 2.15. The number of nitrogens with one attached hydrogen (secondary N) is 1. The van der Waals surface area contributed by atoms with Crippen molar-refractivity contribution in [3.05, 3.63) is 52.3 Å². The topological polar surface area (TPSA) is 83.1 Å². The van der Waals surface area contributed by atoms with E-state index in [0.717, 1.165) is 5.56 Å². The SMILES string of the molecule is Cc1ccc(C(=O)CCC(=O)Nc2oc(C)c(C)c2C#N)cc1. The molecule has 118 valence electrons. The van der Waals surface area contributed by atoms with E-state index in [2.05, 4.69) is 5.32 Å². The lowest BCUT2D eigenvalue weighted by atomic mass is 10.0. The van der Waals surface area contributed by atoms with Crippen LogP contribution in [0.2, 0.25) is 0 Å². The second-order valence-corrected chi connectivity index (χ2v) is 5.44. The zero-order valence-electron chi connectivity index (χ0n) is 13.4. The molecule has 0 aliphatic carbocycles. The summed E-state index contributed by atoms with van der Waals surface area (Å²) in [5.74, 6) is 0.297. The van der Waals surface area contributed by atoms with E-state index in [1.807, 2.05) is 25.1 Å². The van der Waals surface area contributed by atoms with Crippen LogP contribution in [-0.4, -0.2) is 11.7 Å². The molecule has 0 aliphatic heterocycles. The van der Waals surface area contributed by atoms with Crippen LogP contribution in [0.5, 0.6) is 0 Å². The van der Waals surface area contributed by atoms with Gasteiger partial charge in [0, 0.05) is 24.0 Å². The molecular formula is C18H18N2O3. The molecule has 0 aliphatic rings. The van der Waals surface area contributed by atoms with Gasteiger partial charge in [0.2, 0.25) is 11.8 Å². The van der Waals surface area contributed by atoms with Gasteiger partial charge >= 0.3 is 0 Å². The molecule has 0 radical (unpaired) electrons. The summed E-state index contributed by atoms with van der Waals surface area (Å²) in [5.41, 5.74) is 2.69. The Bertz CT molecular complexity index is 780. The predicted molar refractivity (Wildman–Crippen MR) is 86.3 cm³/mol. The maximum absolute atomic E-state index is 12.0. The van der Waals surface area contributed by atoms with E-state index in [1.54, 1.807) is 26.0 Å². The minimum Gasteiger partial charge on any atom is -0.444 e. The number of Topliss-reactive ketones (excluding diaryl/α,β-unsaturated/α-hetero) is 1. The second kappa shape index (κ2) is 6.93. The molecule has 1 aromatic carbocycles. The van der Waals surface area contributed by atoms with Crippen molar-refractivity contribution in [3.8, 4) is 6.07 Å². The highest BCUT2D eigenvalue weighted by Crippen LogP contribution is 2.25. The number of aryl methyl sites for hydroxylation is 2. The molecule has 5 heteroatoms. The van der Waals surface area contributed by atoms with Crippen molar-refractivity contribution < 1.29 is 14.0 Å². The predicted octanol–water partition coefficient (Wildman–Crippen LogP) is 3.68. The molecule has 0 bridgehead atoms. The highest BCUT2D eigenvalue weighted by molar-refractivity contribution is 6.00. The first-order valence-corrected chi connectivity index (χ1v) is 7.32. The summed E-state index contributed by atoms with van der Waals surface area (Å²) in [5, 5.41) is 11.7. The normalized spacial score (nSPS) is 10.2. The maximum Gasteiger partial charge on any atom is 0.227 e. The number of amides is 1. The Morgan fingerprint density at radius 1 is 1.13 bits per heavy atom. The largest absolute Gasteiger partial charge is 0.444 e. The first kappa shape index (κ1) is 16.5. The monoisotopic (exact) mass is 310 g/mol. The number of ketones is 1. The van der Waals surface area contributed by atoms with Crippen LogP contribution in [0.25, 0.3) is 0 Å². The van der Waals surface area contributed by atoms with Crippen molar-refractivity contribution in [2.75, 3.05) is 5.32 Å². The summed E-state index contributed by atoms with van der Waals surface area (Å²) in [6.45, 7) is 5.43. The molecule has 0 saturated heterocycles. The van der Waals surface area contributed by atoms with Crippen molar-refractivity contribution >= 4 is 17.6 Å². The number of nitrogens with zero attached hydrogens (tertiary/aromatic N) is 1. The average molecular weight is 310 g/mol. The second-order valence-electron chi connectivity index (χ2n) is 5.44. The first-order valence-electron chi connectivity index (χ1n) is 7.32. The van der Waals surface area contributed by atoms with Crippen LogP contribution in [0.1, 0.15) is 45.7 Å². The molecule has 0 unspecified atom stereocenters. The number of carbonyl (C=O) groups is 2. The Kier molecular flexibility index (Phi) is 4.97. The minimum atomic E-state index is -0.351. The number of anilines is 1. The van der Waals surface area contributed by atoms with Gasteiger partial charge in [-0.1, -0.05) is 29.8 Å². The number of hydrogen-bond acceptors (Lipinski definition) is 4. The van der Waals surface area contributed by atoms with Crippen LogP contribution in [-0.2, 0) is 4.79 Å². The Labute approximate surface area is 134 Å². The first-order chi connectivity index (χ1) is 10.9. The third kappa shape index (κ3) is 3.86. The fourth-order valence-electron chi connectivity index (χ4n) is 2.15. The van der Waals surface area contributed by atoms with Crippen LogP contribution in [0.4, 0.5) is 5.88 Å². The number of rotatable bonds is 5. The van der Waals surface area contributed by atoms with Gasteiger partial charge in [0.15, 0.2) is 5.78 Å². The summed E-state index contributed by atoms with van der Waals surface area (Å²) in [6, 6.07) is 9.24. The summed E-state index contributed by atoms with van der Waals surface area (Å²) in [4.78, 5) is 24.0. The molecule has 2 aromatic rings. The van der Waals surface area contributed by atoms with E-state index in [9.17, 15) is 9.59 Å². The molecule has 0 saturated carbocycles. The number of nitriles is 1. The minimum absolute atomic E-state index is 0.0381. The van der Waals surface area contributed by atoms with Gasteiger partial charge in [-0.05, 0) is 20.8 Å². The quantitative estimate of drug-likeness (QED) is 0.854. The molecule has 1 amide bonds. The van der Waals surface area contributed by atoms with Gasteiger partial charge in [-0.3, -0.25) is 14.9 Å². The highest BCUT2D eigenvalue weighted by Gasteiger charge is 2.17. The summed E-state index contributed by atoms with van der Waals surface area (Å²) in [7, 11) is 0. The van der Waals surface area contributed by atoms with E-state index >= 15 is 0 Å². The molecule has 1 aromatic heterocycles. The van der Waals surface area contributed by atoms with Crippen LogP contribution >= 0.6 is 0 Å². The Morgan fingerprint density at radius 3 is 2.39 bits per heavy atom. The molecule has 1 N–H and O–H groups in total. The Hall–Kier alpha value is -2.87. The summed E-state index contributed by atoms with van der Waals surface area (Å²) in [6.07, 6.45) is 0.145. The lowest BCUT2D eigenvalue weighted by molar-refractivity contribution is -0.116. The van der Waals surface area contributed by atoms with Crippen LogP contribution in [0, 0.1) is 32.1 Å². The van der Waals surface area contributed by atoms with Crippen molar-refractivity contribution in [1.29, 1.82) is 5.26 Å². The van der Waals surface area contributed by atoms with Crippen LogP contribution in [0.15, 0.2) is 28.7 Å². The number of carbonyl (C=O) groups excluding carboxylic acids is 2. The highest BCUT2D eigenvalue weighted by atomic mass is 16.4. The zero-order chi connectivity index (χ0) is 17.0. The molecule has 23 heavy (non-hydrogen) atoms. The third-order valence-electron chi connectivity index (χ3n) is 3.70. The molecule has 1 heterocycles. The van der Waals surface area contributed by atoms with Gasteiger partial charge < -0.3 is 4.42 Å². The molecule has 0 atom stereocenters. The van der Waals surface area contributed by atoms with E-state index in [-0.39, 0.29) is 30.4 Å². The smallest absolute Gasteiger partial charge is 0.227 e. The van der Waals surface area contributed by atoms with Crippen molar-refractivity contribution in [2.24, 2.45) is 0 Å². The van der Waals surface area contributed by atoms with Gasteiger partial charge in [-0.15, -0.1) is 0 Å². The zero-order valence-corrected chi connectivity index (χ0v) is 13.4. The summed E-state index contributed by atoms with van der Waals surface area (Å²) < 4.78 is 5.37. The molecule has 0 fully saturated rings. The van der Waals surface area contributed by atoms with E-state index in [1.165, 1.54) is 0 Å². The molecule has 2 rings (SSSR count). The lowest BCUT2D eigenvalue weighted by Gasteiger charge is -2.03. The van der Waals surface area contributed by atoms with Gasteiger partial charge in [0.1, 0.15) is 17.4 Å². The van der Waals surface area contributed by atoms with Crippen LogP contribution in [0.3, 0.4) is 0 Å². The standard InChI is InChI=1S/C18H18N2O3/c1-11-4-6-14(7-5-11)16(21)8-9-17(22)20-18-15(10-19)12(2)13(3)23-18/h4-7H,8-9H2,1-3H3,(H,20,22). The lowest BCUT2D eigenvalue weighted by Crippen LogP contribution is -2.13. The number of furan rings is 1.